The van der Waals surface area contributed by atoms with E-state index < -0.39 is 0 Å². The molecule has 5 heteroatoms. The van der Waals surface area contributed by atoms with E-state index in [9.17, 15) is 4.79 Å². The molecular weight excluding hydrogens is 254 g/mol. The number of H-pyrrole nitrogens is 1. The summed E-state index contributed by atoms with van der Waals surface area (Å²) >= 11 is 0. The normalized spacial score (nSPS) is 10.2. The minimum atomic E-state index is -0.219. The molecule has 1 aromatic heterocycles. The fourth-order valence-corrected chi connectivity index (χ4v) is 1.72. The van der Waals surface area contributed by atoms with E-state index in [-0.39, 0.29) is 5.97 Å². The fraction of sp³-hybridized carbons (Fsp3) is 0.333. The van der Waals surface area contributed by atoms with Crippen LogP contribution in [0.25, 0.3) is 0 Å². The SMILES string of the molecule is CCc1cnc(NCCC(=O)OCc2ccccc2)[nH]1. The van der Waals surface area contributed by atoms with E-state index in [0.29, 0.717) is 25.5 Å². The van der Waals surface area contributed by atoms with Gasteiger partial charge in [0.25, 0.3) is 0 Å². The molecule has 0 atom stereocenters. The molecule has 2 rings (SSSR count). The van der Waals surface area contributed by atoms with Gasteiger partial charge in [0.1, 0.15) is 6.61 Å². The van der Waals surface area contributed by atoms with Crippen molar-refractivity contribution in [1.29, 1.82) is 0 Å². The molecular formula is C15H19N3O2. The number of aryl methyl sites for hydroxylation is 1. The Morgan fingerprint density at radius 3 is 2.85 bits per heavy atom. The summed E-state index contributed by atoms with van der Waals surface area (Å²) < 4.78 is 5.18. The Hall–Kier alpha value is -2.30. The highest BCUT2D eigenvalue weighted by Crippen LogP contribution is 2.04. The molecule has 0 aliphatic heterocycles. The molecule has 1 aromatic carbocycles. The second-order valence-corrected chi connectivity index (χ2v) is 4.43. The van der Waals surface area contributed by atoms with Crippen LogP contribution in [0.2, 0.25) is 0 Å². The number of anilines is 1. The first kappa shape index (κ1) is 14.1. The van der Waals surface area contributed by atoms with Crippen molar-refractivity contribution >= 4 is 11.9 Å². The lowest BCUT2D eigenvalue weighted by molar-refractivity contribution is -0.144. The van der Waals surface area contributed by atoms with Crippen molar-refractivity contribution in [3.63, 3.8) is 0 Å². The van der Waals surface area contributed by atoms with Gasteiger partial charge in [0.05, 0.1) is 12.6 Å². The number of nitrogens with one attached hydrogen (secondary N) is 2. The molecule has 20 heavy (non-hydrogen) atoms. The predicted molar refractivity (Wildman–Crippen MR) is 77.3 cm³/mol. The summed E-state index contributed by atoms with van der Waals surface area (Å²) in [5.74, 6) is 0.473. The maximum Gasteiger partial charge on any atom is 0.307 e. The van der Waals surface area contributed by atoms with Crippen molar-refractivity contribution < 1.29 is 9.53 Å². The third-order valence-corrected chi connectivity index (χ3v) is 2.87. The second-order valence-electron chi connectivity index (χ2n) is 4.43. The van der Waals surface area contributed by atoms with Crippen LogP contribution in [0.1, 0.15) is 24.6 Å². The Labute approximate surface area is 118 Å². The molecule has 0 aliphatic rings. The van der Waals surface area contributed by atoms with Gasteiger partial charge in [0.15, 0.2) is 5.95 Å². The van der Waals surface area contributed by atoms with Gasteiger partial charge in [-0.1, -0.05) is 37.3 Å². The third kappa shape index (κ3) is 4.42. The van der Waals surface area contributed by atoms with Crippen LogP contribution in [0, 0.1) is 0 Å². The van der Waals surface area contributed by atoms with Gasteiger partial charge in [-0.2, -0.15) is 0 Å². The fourth-order valence-electron chi connectivity index (χ4n) is 1.72. The number of esters is 1. The summed E-state index contributed by atoms with van der Waals surface area (Å²) in [6, 6.07) is 9.64. The number of carbonyl (C=O) groups excluding carboxylic acids is 1. The quantitative estimate of drug-likeness (QED) is 0.761. The van der Waals surface area contributed by atoms with E-state index in [4.69, 9.17) is 4.74 Å². The van der Waals surface area contributed by atoms with Crippen LogP contribution in [-0.4, -0.2) is 22.5 Å². The van der Waals surface area contributed by atoms with E-state index in [1.54, 1.807) is 6.20 Å². The van der Waals surface area contributed by atoms with Crippen LogP contribution in [0.3, 0.4) is 0 Å². The zero-order valence-corrected chi connectivity index (χ0v) is 11.6. The monoisotopic (exact) mass is 273 g/mol. The minimum absolute atomic E-state index is 0.219. The van der Waals surface area contributed by atoms with Crippen LogP contribution < -0.4 is 5.32 Å². The van der Waals surface area contributed by atoms with Crippen LogP contribution in [0.4, 0.5) is 5.95 Å². The van der Waals surface area contributed by atoms with E-state index in [1.165, 1.54) is 0 Å². The predicted octanol–water partition coefficient (Wildman–Crippen LogP) is 2.52. The van der Waals surface area contributed by atoms with Crippen molar-refractivity contribution in [3.8, 4) is 0 Å². The Balaban J connectivity index is 1.65. The lowest BCUT2D eigenvalue weighted by Crippen LogP contribution is -2.12. The molecule has 0 amide bonds. The second kappa shape index (κ2) is 7.33. The average molecular weight is 273 g/mol. The Bertz CT molecular complexity index is 537. The zero-order chi connectivity index (χ0) is 14.2. The Kier molecular flexibility index (Phi) is 5.17. The van der Waals surface area contributed by atoms with Gasteiger partial charge in [-0.05, 0) is 12.0 Å². The number of nitrogens with zero attached hydrogens (tertiary/aromatic N) is 1. The van der Waals surface area contributed by atoms with Crippen molar-refractivity contribution in [3.05, 3.63) is 47.8 Å². The number of benzene rings is 1. The van der Waals surface area contributed by atoms with Gasteiger partial charge in [-0.3, -0.25) is 4.79 Å². The van der Waals surface area contributed by atoms with Gasteiger partial charge < -0.3 is 15.0 Å². The Morgan fingerprint density at radius 2 is 2.15 bits per heavy atom. The molecule has 0 bridgehead atoms. The van der Waals surface area contributed by atoms with Crippen molar-refractivity contribution in [2.24, 2.45) is 0 Å². The lowest BCUT2D eigenvalue weighted by Gasteiger charge is -2.05. The minimum Gasteiger partial charge on any atom is -0.461 e. The summed E-state index contributed by atoms with van der Waals surface area (Å²) in [6.07, 6.45) is 3.01. The number of hydrogen-bond acceptors (Lipinski definition) is 4. The number of imidazole rings is 1. The summed E-state index contributed by atoms with van der Waals surface area (Å²) in [5.41, 5.74) is 2.06. The highest BCUT2D eigenvalue weighted by Gasteiger charge is 2.04. The highest BCUT2D eigenvalue weighted by molar-refractivity contribution is 5.69. The zero-order valence-electron chi connectivity index (χ0n) is 11.6. The summed E-state index contributed by atoms with van der Waals surface area (Å²) in [7, 11) is 0. The number of aromatic nitrogens is 2. The molecule has 0 radical (unpaired) electrons. The largest absolute Gasteiger partial charge is 0.461 e. The summed E-state index contributed by atoms with van der Waals surface area (Å²) in [5, 5.41) is 3.06. The number of carbonyl (C=O) groups is 1. The van der Waals surface area contributed by atoms with Crippen molar-refractivity contribution in [2.45, 2.75) is 26.4 Å². The maximum absolute atomic E-state index is 11.6. The van der Waals surface area contributed by atoms with Gasteiger partial charge in [0.2, 0.25) is 0 Å². The molecule has 0 saturated heterocycles. The molecule has 1 heterocycles. The van der Waals surface area contributed by atoms with Crippen molar-refractivity contribution in [1.82, 2.24) is 9.97 Å². The van der Waals surface area contributed by atoms with Gasteiger partial charge >= 0.3 is 5.97 Å². The number of rotatable bonds is 7. The summed E-state index contributed by atoms with van der Waals surface area (Å²) in [4.78, 5) is 18.9. The van der Waals surface area contributed by atoms with E-state index in [0.717, 1.165) is 17.7 Å². The Morgan fingerprint density at radius 1 is 1.35 bits per heavy atom. The van der Waals surface area contributed by atoms with E-state index in [1.807, 2.05) is 30.3 Å². The molecule has 5 nitrogen and oxygen atoms in total. The number of ether oxygens (including phenoxy) is 1. The highest BCUT2D eigenvalue weighted by atomic mass is 16.5. The third-order valence-electron chi connectivity index (χ3n) is 2.87. The molecule has 0 saturated carbocycles. The van der Waals surface area contributed by atoms with E-state index in [2.05, 4.69) is 22.2 Å². The molecule has 0 aliphatic carbocycles. The topological polar surface area (TPSA) is 67.0 Å². The number of aromatic amines is 1. The molecule has 2 aromatic rings. The van der Waals surface area contributed by atoms with E-state index >= 15 is 0 Å². The van der Waals surface area contributed by atoms with Crippen LogP contribution in [0.5, 0.6) is 0 Å². The van der Waals surface area contributed by atoms with Crippen LogP contribution in [0.15, 0.2) is 36.5 Å². The standard InChI is InChI=1S/C15H19N3O2/c1-2-13-10-17-15(18-13)16-9-8-14(19)20-11-12-6-4-3-5-7-12/h3-7,10H,2,8-9,11H2,1H3,(H2,16,17,18). The van der Waals surface area contributed by atoms with Crippen molar-refractivity contribution in [2.75, 3.05) is 11.9 Å². The molecule has 106 valence electrons. The first-order valence-corrected chi connectivity index (χ1v) is 6.75. The molecule has 0 spiro atoms. The molecule has 0 unspecified atom stereocenters. The van der Waals surface area contributed by atoms with Crippen LogP contribution >= 0.6 is 0 Å². The molecule has 2 N–H and O–H groups in total. The van der Waals surface area contributed by atoms with Crippen LogP contribution in [-0.2, 0) is 22.6 Å². The maximum atomic E-state index is 11.6. The van der Waals surface area contributed by atoms with Gasteiger partial charge in [-0.15, -0.1) is 0 Å². The first-order chi connectivity index (χ1) is 9.78. The molecule has 0 fully saturated rings. The number of hydrogen-bond donors (Lipinski definition) is 2. The summed E-state index contributed by atoms with van der Waals surface area (Å²) in [6.45, 7) is 2.88. The average Bonchev–Trinajstić information content (AvgIpc) is 2.94. The lowest BCUT2D eigenvalue weighted by atomic mass is 10.2. The first-order valence-electron chi connectivity index (χ1n) is 6.75. The smallest absolute Gasteiger partial charge is 0.307 e. The van der Waals surface area contributed by atoms with Gasteiger partial charge in [0, 0.05) is 12.2 Å². The van der Waals surface area contributed by atoms with Gasteiger partial charge in [-0.25, -0.2) is 4.98 Å².